The van der Waals surface area contributed by atoms with Crippen molar-refractivity contribution in [1.29, 1.82) is 0 Å². The number of nitrogens with zero attached hydrogens (tertiary/aromatic N) is 4. The summed E-state index contributed by atoms with van der Waals surface area (Å²) in [5.41, 5.74) is 3.97. The molecule has 0 atom stereocenters. The summed E-state index contributed by atoms with van der Waals surface area (Å²) in [5.74, 6) is 0. The first-order valence-electron chi connectivity index (χ1n) is 7.98. The lowest BCUT2D eigenvalue weighted by Gasteiger charge is -2.08. The van der Waals surface area contributed by atoms with Crippen LogP contribution in [0.3, 0.4) is 0 Å². The Hall–Kier alpha value is -3.47. The van der Waals surface area contributed by atoms with Gasteiger partial charge in [0.05, 0.1) is 11.4 Å². The fraction of sp³-hybridized carbons (Fsp3) is 0.0500. The third-order valence-electron chi connectivity index (χ3n) is 3.94. The van der Waals surface area contributed by atoms with Gasteiger partial charge in [-0.2, -0.15) is 4.52 Å². The van der Waals surface area contributed by atoms with Gasteiger partial charge in [-0.05, 0) is 36.8 Å². The first kappa shape index (κ1) is 15.1. The predicted octanol–water partition coefficient (Wildman–Crippen LogP) is 3.36. The molecule has 4 rings (SSSR count). The summed E-state index contributed by atoms with van der Waals surface area (Å²) in [5, 5.41) is 0. The topological polar surface area (TPSA) is 52.2 Å². The Morgan fingerprint density at radius 2 is 1.84 bits per heavy atom. The standard InChI is InChI=1S/C20H16N4O/c1-15-12-19-22-17(10-9-16-6-5-11-21-14-16)13-20(25)24(19)23(15)18-7-3-2-4-8-18/h2-14H,1H3/b10-9+. The third-order valence-corrected chi connectivity index (χ3v) is 3.94. The molecule has 0 saturated heterocycles. The van der Waals surface area contributed by atoms with Crippen LogP contribution in [0.15, 0.2) is 71.8 Å². The Morgan fingerprint density at radius 3 is 2.60 bits per heavy atom. The van der Waals surface area contributed by atoms with E-state index >= 15 is 0 Å². The van der Waals surface area contributed by atoms with E-state index in [4.69, 9.17) is 0 Å². The molecule has 0 unspecified atom stereocenters. The molecule has 0 aliphatic rings. The normalized spacial score (nSPS) is 11.4. The Labute approximate surface area is 144 Å². The number of aromatic nitrogens is 4. The molecule has 5 heteroatoms. The molecule has 4 aromatic rings. The number of pyridine rings is 1. The summed E-state index contributed by atoms with van der Waals surface area (Å²) in [4.78, 5) is 21.3. The lowest BCUT2D eigenvalue weighted by molar-refractivity contribution is 0.742. The van der Waals surface area contributed by atoms with Gasteiger partial charge in [0.15, 0.2) is 5.65 Å². The summed E-state index contributed by atoms with van der Waals surface area (Å²) >= 11 is 0. The van der Waals surface area contributed by atoms with Crippen molar-refractivity contribution in [2.75, 3.05) is 0 Å². The van der Waals surface area contributed by atoms with E-state index in [1.807, 2.05) is 72.3 Å². The molecular formula is C20H16N4O. The highest BCUT2D eigenvalue weighted by molar-refractivity contribution is 5.68. The molecule has 0 radical (unpaired) electrons. The van der Waals surface area contributed by atoms with Crippen LogP contribution in [0.5, 0.6) is 0 Å². The van der Waals surface area contributed by atoms with Gasteiger partial charge in [0.1, 0.15) is 0 Å². The molecular weight excluding hydrogens is 312 g/mol. The van der Waals surface area contributed by atoms with Gasteiger partial charge in [0, 0.05) is 30.2 Å². The molecule has 0 aliphatic carbocycles. The second-order valence-corrected chi connectivity index (χ2v) is 5.74. The van der Waals surface area contributed by atoms with Gasteiger partial charge in [-0.15, -0.1) is 0 Å². The van der Waals surface area contributed by atoms with Crippen molar-refractivity contribution in [1.82, 2.24) is 19.2 Å². The lowest BCUT2D eigenvalue weighted by atomic mass is 10.2. The summed E-state index contributed by atoms with van der Waals surface area (Å²) in [6.07, 6.45) is 7.21. The van der Waals surface area contributed by atoms with Gasteiger partial charge < -0.3 is 0 Å². The fourth-order valence-electron chi connectivity index (χ4n) is 2.84. The average molecular weight is 328 g/mol. The predicted molar refractivity (Wildman–Crippen MR) is 98.7 cm³/mol. The maximum absolute atomic E-state index is 12.7. The van der Waals surface area contributed by atoms with Crippen LogP contribution in [0.2, 0.25) is 0 Å². The van der Waals surface area contributed by atoms with Crippen LogP contribution < -0.4 is 5.56 Å². The third kappa shape index (κ3) is 2.87. The SMILES string of the molecule is Cc1cc2nc(/C=C/c3cccnc3)cc(=O)n2n1-c1ccccc1. The first-order valence-corrected chi connectivity index (χ1v) is 7.98. The van der Waals surface area contributed by atoms with Crippen LogP contribution in [-0.4, -0.2) is 19.2 Å². The molecule has 3 heterocycles. The molecule has 1 aromatic carbocycles. The van der Waals surface area contributed by atoms with Crippen molar-refractivity contribution in [3.05, 3.63) is 94.3 Å². The van der Waals surface area contributed by atoms with Crippen LogP contribution in [0, 0.1) is 6.92 Å². The molecule has 3 aromatic heterocycles. The van der Waals surface area contributed by atoms with E-state index in [9.17, 15) is 4.79 Å². The van der Waals surface area contributed by atoms with Gasteiger partial charge in [-0.1, -0.05) is 30.3 Å². The van der Waals surface area contributed by atoms with E-state index in [2.05, 4.69) is 9.97 Å². The first-order chi connectivity index (χ1) is 12.2. The molecule has 0 saturated carbocycles. The quantitative estimate of drug-likeness (QED) is 0.579. The number of hydrogen-bond acceptors (Lipinski definition) is 3. The van der Waals surface area contributed by atoms with E-state index in [1.54, 1.807) is 23.0 Å². The van der Waals surface area contributed by atoms with Gasteiger partial charge in [0.2, 0.25) is 0 Å². The Bertz CT molecular complexity index is 1110. The monoisotopic (exact) mass is 328 g/mol. The molecule has 5 nitrogen and oxygen atoms in total. The zero-order valence-corrected chi connectivity index (χ0v) is 13.7. The van der Waals surface area contributed by atoms with E-state index in [-0.39, 0.29) is 5.56 Å². The van der Waals surface area contributed by atoms with Crippen LogP contribution in [-0.2, 0) is 0 Å². The minimum absolute atomic E-state index is 0.118. The molecule has 0 amide bonds. The number of rotatable bonds is 3. The highest BCUT2D eigenvalue weighted by Crippen LogP contribution is 2.14. The van der Waals surface area contributed by atoms with Crippen LogP contribution in [0.1, 0.15) is 17.0 Å². The van der Waals surface area contributed by atoms with Crippen LogP contribution >= 0.6 is 0 Å². The molecule has 25 heavy (non-hydrogen) atoms. The Morgan fingerprint density at radius 1 is 1.00 bits per heavy atom. The van der Waals surface area contributed by atoms with Gasteiger partial charge in [-0.3, -0.25) is 9.78 Å². The zero-order valence-electron chi connectivity index (χ0n) is 13.7. The van der Waals surface area contributed by atoms with Crippen molar-refractivity contribution >= 4 is 17.8 Å². The van der Waals surface area contributed by atoms with E-state index < -0.39 is 0 Å². The Balaban J connectivity index is 1.82. The molecule has 0 bridgehead atoms. The largest absolute Gasteiger partial charge is 0.273 e. The summed E-state index contributed by atoms with van der Waals surface area (Å²) in [6.45, 7) is 1.96. The number of fused-ring (bicyclic) bond motifs is 1. The second kappa shape index (κ2) is 6.20. The molecule has 122 valence electrons. The molecule has 0 N–H and O–H groups in total. The molecule has 0 spiro atoms. The Kier molecular flexibility index (Phi) is 3.74. The highest BCUT2D eigenvalue weighted by atomic mass is 16.1. The van der Waals surface area contributed by atoms with Crippen molar-refractivity contribution in [2.45, 2.75) is 6.92 Å². The van der Waals surface area contributed by atoms with Gasteiger partial charge in [-0.25, -0.2) is 9.67 Å². The summed E-state index contributed by atoms with van der Waals surface area (Å²) < 4.78 is 3.46. The summed E-state index contributed by atoms with van der Waals surface area (Å²) in [7, 11) is 0. The fourth-order valence-corrected chi connectivity index (χ4v) is 2.84. The summed E-state index contributed by atoms with van der Waals surface area (Å²) in [6, 6.07) is 17.1. The van der Waals surface area contributed by atoms with E-state index in [0.29, 0.717) is 11.3 Å². The maximum Gasteiger partial charge on any atom is 0.273 e. The van der Waals surface area contributed by atoms with Crippen molar-refractivity contribution in [2.24, 2.45) is 0 Å². The van der Waals surface area contributed by atoms with Crippen molar-refractivity contribution < 1.29 is 0 Å². The number of para-hydroxylation sites is 1. The number of benzene rings is 1. The highest BCUT2D eigenvalue weighted by Gasteiger charge is 2.10. The minimum Gasteiger partial charge on any atom is -0.267 e. The number of aryl methyl sites for hydroxylation is 1. The van der Waals surface area contributed by atoms with Crippen LogP contribution in [0.4, 0.5) is 0 Å². The second-order valence-electron chi connectivity index (χ2n) is 5.74. The van der Waals surface area contributed by atoms with E-state index in [1.165, 1.54) is 0 Å². The maximum atomic E-state index is 12.7. The van der Waals surface area contributed by atoms with E-state index in [0.717, 1.165) is 16.9 Å². The van der Waals surface area contributed by atoms with Crippen molar-refractivity contribution in [3.8, 4) is 5.69 Å². The van der Waals surface area contributed by atoms with Crippen molar-refractivity contribution in [3.63, 3.8) is 0 Å². The van der Waals surface area contributed by atoms with Gasteiger partial charge >= 0.3 is 0 Å². The number of hydrogen-bond donors (Lipinski definition) is 0. The molecule has 0 fully saturated rings. The average Bonchev–Trinajstić information content (AvgIpc) is 2.98. The smallest absolute Gasteiger partial charge is 0.267 e. The molecule has 0 aliphatic heterocycles. The lowest BCUT2D eigenvalue weighted by Crippen LogP contribution is -2.20. The zero-order chi connectivity index (χ0) is 17.2. The van der Waals surface area contributed by atoms with Crippen LogP contribution in [0.25, 0.3) is 23.5 Å². The minimum atomic E-state index is -0.118. The van der Waals surface area contributed by atoms with Gasteiger partial charge in [0.25, 0.3) is 5.56 Å².